The summed E-state index contributed by atoms with van der Waals surface area (Å²) in [6.45, 7) is 2.80. The van der Waals surface area contributed by atoms with Crippen LogP contribution in [0.15, 0.2) is 61.2 Å². The topological polar surface area (TPSA) is 94.5 Å². The highest BCUT2D eigenvalue weighted by Gasteiger charge is 2.13. The first-order valence-corrected chi connectivity index (χ1v) is 10.6. The molecule has 2 bridgehead atoms. The van der Waals surface area contributed by atoms with Crippen molar-refractivity contribution in [2.24, 2.45) is 0 Å². The van der Waals surface area contributed by atoms with Gasteiger partial charge >= 0.3 is 0 Å². The number of hydrogen-bond acceptors (Lipinski definition) is 5. The summed E-state index contributed by atoms with van der Waals surface area (Å²) in [5, 5.41) is 5.79. The van der Waals surface area contributed by atoms with Crippen molar-refractivity contribution in [2.75, 3.05) is 32.9 Å². The van der Waals surface area contributed by atoms with Gasteiger partial charge in [0.05, 0.1) is 19.5 Å². The molecule has 1 aliphatic rings. The molecular formula is C24H26N4O4. The first-order chi connectivity index (χ1) is 15.7. The molecule has 0 unspecified atom stereocenters. The molecule has 0 aliphatic carbocycles. The number of rotatable bonds is 4. The van der Waals surface area contributed by atoms with Crippen LogP contribution in [0.4, 0.5) is 0 Å². The Morgan fingerprint density at radius 3 is 2.97 bits per heavy atom. The Morgan fingerprint density at radius 1 is 1.16 bits per heavy atom. The maximum absolute atomic E-state index is 12.7. The maximum Gasteiger partial charge on any atom is 0.251 e. The lowest BCUT2D eigenvalue weighted by Crippen LogP contribution is -2.28. The predicted molar refractivity (Wildman–Crippen MR) is 119 cm³/mol. The smallest absolute Gasteiger partial charge is 0.251 e. The van der Waals surface area contributed by atoms with E-state index in [4.69, 9.17) is 9.47 Å². The third-order valence-electron chi connectivity index (χ3n) is 5.14. The molecule has 0 radical (unpaired) electrons. The number of nitrogens with one attached hydrogen (secondary N) is 2. The summed E-state index contributed by atoms with van der Waals surface area (Å²) in [5.41, 5.74) is 3.00. The first-order valence-electron chi connectivity index (χ1n) is 10.6. The van der Waals surface area contributed by atoms with Crippen LogP contribution in [0.25, 0.3) is 0 Å². The van der Waals surface area contributed by atoms with Crippen molar-refractivity contribution in [1.82, 2.24) is 20.2 Å². The highest BCUT2D eigenvalue weighted by atomic mass is 16.5. The number of fused-ring (bicyclic) bond motifs is 3. The second-order valence-electron chi connectivity index (χ2n) is 7.47. The van der Waals surface area contributed by atoms with Crippen molar-refractivity contribution in [1.29, 1.82) is 0 Å². The minimum atomic E-state index is -0.149. The van der Waals surface area contributed by atoms with E-state index < -0.39 is 0 Å². The third kappa shape index (κ3) is 5.73. The summed E-state index contributed by atoms with van der Waals surface area (Å²) in [5.74, 6) is 0.425. The van der Waals surface area contributed by atoms with Gasteiger partial charge in [0.15, 0.2) is 0 Å². The summed E-state index contributed by atoms with van der Waals surface area (Å²) in [4.78, 5) is 29.1. The Bertz CT molecular complexity index is 1070. The van der Waals surface area contributed by atoms with Crippen molar-refractivity contribution >= 4 is 11.8 Å². The van der Waals surface area contributed by atoms with Gasteiger partial charge in [-0.1, -0.05) is 12.1 Å². The zero-order valence-corrected chi connectivity index (χ0v) is 17.8. The molecule has 166 valence electrons. The second kappa shape index (κ2) is 10.6. The summed E-state index contributed by atoms with van der Waals surface area (Å²) < 4.78 is 13.4. The number of ether oxygens (including phenoxy) is 2. The number of carbonyl (C=O) groups excluding carboxylic acids is 2. The molecule has 2 N–H and O–H groups in total. The van der Waals surface area contributed by atoms with E-state index in [1.807, 2.05) is 41.1 Å². The van der Waals surface area contributed by atoms with Crippen molar-refractivity contribution < 1.29 is 19.1 Å². The molecule has 8 nitrogen and oxygen atoms in total. The Hall–Kier alpha value is -3.65. The molecule has 4 rings (SSSR count). The van der Waals surface area contributed by atoms with Gasteiger partial charge in [-0.3, -0.25) is 9.59 Å². The molecular weight excluding hydrogens is 408 g/mol. The van der Waals surface area contributed by atoms with Gasteiger partial charge < -0.3 is 24.7 Å². The van der Waals surface area contributed by atoms with Crippen LogP contribution >= 0.6 is 0 Å². The zero-order chi connectivity index (χ0) is 22.2. The second-order valence-corrected chi connectivity index (χ2v) is 7.47. The monoisotopic (exact) mass is 434 g/mol. The lowest BCUT2D eigenvalue weighted by atomic mass is 9.99. The van der Waals surface area contributed by atoms with Gasteiger partial charge in [0.1, 0.15) is 12.4 Å². The van der Waals surface area contributed by atoms with Crippen molar-refractivity contribution in [3.8, 4) is 5.75 Å². The summed E-state index contributed by atoms with van der Waals surface area (Å²) in [6, 6.07) is 12.9. The number of amides is 2. The fourth-order valence-corrected chi connectivity index (χ4v) is 3.51. The summed E-state index contributed by atoms with van der Waals surface area (Å²) in [7, 11) is 0. The molecule has 0 saturated carbocycles. The van der Waals surface area contributed by atoms with E-state index in [1.165, 1.54) is 0 Å². The standard InChI is InChI=1S/C24H26N4O4/c29-23-19-3-1-2-18(14-19)15-21-16-20(24(30)26-7-10-28-9-6-25-17-28)4-5-22(21)32-13-12-31-11-8-27-23/h1-6,9,14,16-17H,7-8,10-13,15H2,(H,26,30)(H,27,29). The molecule has 32 heavy (non-hydrogen) atoms. The Morgan fingerprint density at radius 2 is 2.09 bits per heavy atom. The fraction of sp³-hybridized carbons (Fsp3) is 0.292. The first kappa shape index (κ1) is 21.6. The zero-order valence-electron chi connectivity index (χ0n) is 17.8. The van der Waals surface area contributed by atoms with Crippen LogP contribution in [0.1, 0.15) is 31.8 Å². The van der Waals surface area contributed by atoms with Crippen LogP contribution in [0.3, 0.4) is 0 Å². The fourth-order valence-electron chi connectivity index (χ4n) is 3.51. The minimum Gasteiger partial charge on any atom is -0.491 e. The lowest BCUT2D eigenvalue weighted by Gasteiger charge is -2.15. The minimum absolute atomic E-state index is 0.130. The molecule has 1 aliphatic heterocycles. The highest BCUT2D eigenvalue weighted by molar-refractivity contribution is 5.95. The van der Waals surface area contributed by atoms with Crippen LogP contribution in [-0.4, -0.2) is 54.3 Å². The molecule has 0 fully saturated rings. The molecule has 2 amide bonds. The number of benzene rings is 2. The number of imidazole rings is 1. The van der Waals surface area contributed by atoms with Crippen molar-refractivity contribution in [2.45, 2.75) is 13.0 Å². The predicted octanol–water partition coefficient (Wildman–Crippen LogP) is 2.04. The quantitative estimate of drug-likeness (QED) is 0.655. The van der Waals surface area contributed by atoms with E-state index in [0.29, 0.717) is 62.8 Å². The normalized spacial score (nSPS) is 14.4. The SMILES string of the molecule is O=C1NCCOCCOc2ccc(C(=O)NCCn3ccnc3)cc2Cc2cccc1c2. The average Bonchev–Trinajstić information content (AvgIpc) is 3.32. The molecule has 2 aromatic carbocycles. The highest BCUT2D eigenvalue weighted by Crippen LogP contribution is 2.24. The molecule has 8 heteroatoms. The van der Waals surface area contributed by atoms with Gasteiger partial charge in [-0.2, -0.15) is 0 Å². The van der Waals surface area contributed by atoms with Crippen LogP contribution in [0, 0.1) is 0 Å². The van der Waals surface area contributed by atoms with Gasteiger partial charge in [0, 0.05) is 49.6 Å². The Kier molecular flexibility index (Phi) is 7.14. The van der Waals surface area contributed by atoms with E-state index in [9.17, 15) is 9.59 Å². The van der Waals surface area contributed by atoms with Crippen LogP contribution in [0.5, 0.6) is 5.75 Å². The van der Waals surface area contributed by atoms with E-state index >= 15 is 0 Å². The molecule has 0 saturated heterocycles. The lowest BCUT2D eigenvalue weighted by molar-refractivity contribution is 0.0865. The van der Waals surface area contributed by atoms with Crippen LogP contribution in [-0.2, 0) is 17.7 Å². The van der Waals surface area contributed by atoms with Gasteiger partial charge in [-0.25, -0.2) is 4.98 Å². The molecule has 2 heterocycles. The average molecular weight is 434 g/mol. The molecule has 0 spiro atoms. The van der Waals surface area contributed by atoms with Crippen LogP contribution < -0.4 is 15.4 Å². The van der Waals surface area contributed by atoms with E-state index in [2.05, 4.69) is 15.6 Å². The van der Waals surface area contributed by atoms with E-state index in [0.717, 1.165) is 11.1 Å². The molecule has 0 atom stereocenters. The van der Waals surface area contributed by atoms with Crippen molar-refractivity contribution in [3.05, 3.63) is 83.4 Å². The molecule has 3 aromatic rings. The van der Waals surface area contributed by atoms with Crippen molar-refractivity contribution in [3.63, 3.8) is 0 Å². The van der Waals surface area contributed by atoms with Gasteiger partial charge in [0.2, 0.25) is 0 Å². The number of hydrogen-bond donors (Lipinski definition) is 2. The summed E-state index contributed by atoms with van der Waals surface area (Å²) >= 11 is 0. The largest absolute Gasteiger partial charge is 0.491 e. The van der Waals surface area contributed by atoms with Gasteiger partial charge in [0.25, 0.3) is 11.8 Å². The van der Waals surface area contributed by atoms with Gasteiger partial charge in [-0.05, 0) is 41.5 Å². The van der Waals surface area contributed by atoms with E-state index in [1.54, 1.807) is 24.7 Å². The summed E-state index contributed by atoms with van der Waals surface area (Å²) in [6.07, 6.45) is 5.81. The van der Waals surface area contributed by atoms with Gasteiger partial charge in [-0.15, -0.1) is 0 Å². The Labute approximate surface area is 186 Å². The number of aromatic nitrogens is 2. The van der Waals surface area contributed by atoms with E-state index in [-0.39, 0.29) is 11.8 Å². The number of carbonyl (C=O) groups is 2. The van der Waals surface area contributed by atoms with Crippen LogP contribution in [0.2, 0.25) is 0 Å². The Balaban J connectivity index is 1.53. The maximum atomic E-state index is 12.7. The molecule has 1 aromatic heterocycles. The third-order valence-corrected chi connectivity index (χ3v) is 5.14. The number of nitrogens with zero attached hydrogens (tertiary/aromatic N) is 2.